The van der Waals surface area contributed by atoms with Crippen LogP contribution >= 0.6 is 0 Å². The highest BCUT2D eigenvalue weighted by Gasteiger charge is 2.32. The normalized spacial score (nSPS) is 24.5. The van der Waals surface area contributed by atoms with Crippen LogP contribution in [0.1, 0.15) is 31.4 Å². The molecule has 1 aliphatic rings. The molecule has 2 nitrogen and oxygen atoms in total. The van der Waals surface area contributed by atoms with Crippen molar-refractivity contribution in [1.29, 1.82) is 0 Å². The Labute approximate surface area is 82.3 Å². The maximum atomic E-state index is 12.9. The second-order valence-electron chi connectivity index (χ2n) is 3.57. The van der Waals surface area contributed by atoms with Crippen molar-refractivity contribution in [2.75, 3.05) is 0 Å². The van der Waals surface area contributed by atoms with Gasteiger partial charge in [0.25, 0.3) is 0 Å². The number of aliphatic hydroxyl groups excluding tert-OH is 1. The van der Waals surface area contributed by atoms with E-state index in [1.54, 1.807) is 6.07 Å². The Kier molecular flexibility index (Phi) is 2.42. The van der Waals surface area contributed by atoms with Gasteiger partial charge in [-0.2, -0.15) is 0 Å². The number of fused-ring (bicyclic) bond motifs is 1. The molecule has 0 saturated heterocycles. The minimum absolute atomic E-state index is 0.211. The molecule has 14 heavy (non-hydrogen) atoms. The van der Waals surface area contributed by atoms with Gasteiger partial charge in [-0.05, 0) is 24.6 Å². The number of halogens is 1. The first-order chi connectivity index (χ1) is 6.72. The summed E-state index contributed by atoms with van der Waals surface area (Å²) < 4.78 is 18.4. The van der Waals surface area contributed by atoms with Gasteiger partial charge in [0.1, 0.15) is 23.8 Å². The largest absolute Gasteiger partial charge is 0.487 e. The molecule has 0 radical (unpaired) electrons. The van der Waals surface area contributed by atoms with Gasteiger partial charge in [-0.3, -0.25) is 0 Å². The van der Waals surface area contributed by atoms with Crippen molar-refractivity contribution in [2.24, 2.45) is 0 Å². The molecule has 2 atom stereocenters. The van der Waals surface area contributed by atoms with Crippen LogP contribution in [0, 0.1) is 5.82 Å². The smallest absolute Gasteiger partial charge is 0.129 e. The Morgan fingerprint density at radius 3 is 3.00 bits per heavy atom. The highest BCUT2D eigenvalue weighted by molar-refractivity contribution is 5.39. The molecule has 1 N–H and O–H groups in total. The molecule has 1 heterocycles. The summed E-state index contributed by atoms with van der Waals surface area (Å²) in [5.74, 6) is 0.279. The van der Waals surface area contributed by atoms with Crippen molar-refractivity contribution < 1.29 is 14.2 Å². The Bertz CT molecular complexity index is 338. The van der Waals surface area contributed by atoms with Crippen LogP contribution in [-0.2, 0) is 0 Å². The summed E-state index contributed by atoms with van der Waals surface area (Å²) in [4.78, 5) is 0. The van der Waals surface area contributed by atoms with Gasteiger partial charge in [0.2, 0.25) is 0 Å². The van der Waals surface area contributed by atoms with Gasteiger partial charge >= 0.3 is 0 Å². The van der Waals surface area contributed by atoms with E-state index in [-0.39, 0.29) is 11.9 Å². The third kappa shape index (κ3) is 1.48. The van der Waals surface area contributed by atoms with E-state index >= 15 is 0 Å². The van der Waals surface area contributed by atoms with Gasteiger partial charge in [-0.25, -0.2) is 4.39 Å². The highest BCUT2D eigenvalue weighted by Crippen LogP contribution is 2.38. The lowest BCUT2D eigenvalue weighted by Crippen LogP contribution is -2.17. The predicted molar refractivity (Wildman–Crippen MR) is 50.7 cm³/mol. The first-order valence-corrected chi connectivity index (χ1v) is 4.86. The lowest BCUT2D eigenvalue weighted by molar-refractivity contribution is 0.0616. The molecular formula is C11H13FO2. The molecule has 3 heteroatoms. The van der Waals surface area contributed by atoms with Gasteiger partial charge in [-0.1, -0.05) is 13.3 Å². The summed E-state index contributed by atoms with van der Waals surface area (Å²) in [6, 6.07) is 4.26. The Hall–Kier alpha value is -1.09. The molecule has 76 valence electrons. The Morgan fingerprint density at radius 1 is 1.50 bits per heavy atom. The summed E-state index contributed by atoms with van der Waals surface area (Å²) in [6.07, 6.45) is 0.841. The maximum absolute atomic E-state index is 12.9. The van der Waals surface area contributed by atoms with E-state index in [1.807, 2.05) is 6.92 Å². The average Bonchev–Trinajstić information content (AvgIpc) is 2.46. The minimum atomic E-state index is -0.680. The molecule has 0 fully saturated rings. The van der Waals surface area contributed by atoms with E-state index in [2.05, 4.69) is 0 Å². The third-order valence-electron chi connectivity index (χ3n) is 2.49. The van der Waals surface area contributed by atoms with Crippen molar-refractivity contribution >= 4 is 0 Å². The minimum Gasteiger partial charge on any atom is -0.487 e. The molecule has 0 aromatic heterocycles. The zero-order chi connectivity index (χ0) is 10.1. The molecule has 0 aliphatic carbocycles. The van der Waals surface area contributed by atoms with E-state index in [0.717, 1.165) is 12.8 Å². The molecule has 1 aromatic rings. The van der Waals surface area contributed by atoms with E-state index < -0.39 is 6.10 Å². The summed E-state index contributed by atoms with van der Waals surface area (Å²) in [5, 5.41) is 9.80. The Morgan fingerprint density at radius 2 is 2.29 bits per heavy atom. The van der Waals surface area contributed by atoms with Crippen LogP contribution in [0.4, 0.5) is 4.39 Å². The van der Waals surface area contributed by atoms with E-state index in [1.165, 1.54) is 12.1 Å². The van der Waals surface area contributed by atoms with Crippen LogP contribution in [-0.4, -0.2) is 11.2 Å². The maximum Gasteiger partial charge on any atom is 0.129 e. The first kappa shape index (κ1) is 9.46. The highest BCUT2D eigenvalue weighted by atomic mass is 19.1. The molecular weight excluding hydrogens is 183 g/mol. The van der Waals surface area contributed by atoms with E-state index in [9.17, 15) is 9.50 Å². The molecule has 2 unspecified atom stereocenters. The van der Waals surface area contributed by atoms with Gasteiger partial charge in [0.15, 0.2) is 0 Å². The van der Waals surface area contributed by atoms with Gasteiger partial charge in [-0.15, -0.1) is 0 Å². The fraction of sp³-hybridized carbons (Fsp3) is 0.455. The topological polar surface area (TPSA) is 29.5 Å². The van der Waals surface area contributed by atoms with Crippen molar-refractivity contribution in [1.82, 2.24) is 0 Å². The second-order valence-corrected chi connectivity index (χ2v) is 3.57. The zero-order valence-electron chi connectivity index (χ0n) is 8.03. The molecule has 0 spiro atoms. The first-order valence-electron chi connectivity index (χ1n) is 4.86. The van der Waals surface area contributed by atoms with Crippen LogP contribution in [0.2, 0.25) is 0 Å². The summed E-state index contributed by atoms with van der Waals surface area (Å²) >= 11 is 0. The number of benzene rings is 1. The Balaban J connectivity index is 2.27. The second kappa shape index (κ2) is 3.58. The average molecular weight is 196 g/mol. The molecule has 0 bridgehead atoms. The number of hydrogen-bond acceptors (Lipinski definition) is 2. The van der Waals surface area contributed by atoms with Gasteiger partial charge in [0.05, 0.1) is 0 Å². The molecule has 2 rings (SSSR count). The number of hydrogen-bond donors (Lipinski definition) is 1. The van der Waals surface area contributed by atoms with Crippen LogP contribution in [0.3, 0.4) is 0 Å². The van der Waals surface area contributed by atoms with Crippen molar-refractivity contribution in [3.63, 3.8) is 0 Å². The quantitative estimate of drug-likeness (QED) is 0.787. The van der Waals surface area contributed by atoms with E-state index in [4.69, 9.17) is 4.74 Å². The summed E-state index contributed by atoms with van der Waals surface area (Å²) in [7, 11) is 0. The predicted octanol–water partition coefficient (Wildman–Crippen LogP) is 2.42. The molecule has 1 aliphatic heterocycles. The van der Waals surface area contributed by atoms with Crippen molar-refractivity contribution in [3.05, 3.63) is 29.6 Å². The van der Waals surface area contributed by atoms with Crippen LogP contribution in [0.5, 0.6) is 5.75 Å². The third-order valence-corrected chi connectivity index (χ3v) is 2.49. The summed E-state index contributed by atoms with van der Waals surface area (Å²) in [6.45, 7) is 2.03. The SMILES string of the molecule is CCCC1Oc2ccc(F)cc2C1O. The van der Waals surface area contributed by atoms with Crippen molar-refractivity contribution in [2.45, 2.75) is 32.0 Å². The standard InChI is InChI=1S/C11H13FO2/c1-2-3-10-11(13)8-6-7(12)4-5-9(8)14-10/h4-6,10-11,13H,2-3H2,1H3. The fourth-order valence-corrected chi connectivity index (χ4v) is 1.79. The van der Waals surface area contributed by atoms with Crippen LogP contribution in [0.15, 0.2) is 18.2 Å². The number of rotatable bonds is 2. The number of aliphatic hydroxyl groups is 1. The lowest BCUT2D eigenvalue weighted by atomic mass is 10.0. The van der Waals surface area contributed by atoms with Gasteiger partial charge in [0, 0.05) is 5.56 Å². The lowest BCUT2D eigenvalue weighted by Gasteiger charge is -2.12. The molecule has 0 saturated carbocycles. The number of ether oxygens (including phenoxy) is 1. The van der Waals surface area contributed by atoms with Crippen LogP contribution < -0.4 is 4.74 Å². The van der Waals surface area contributed by atoms with Gasteiger partial charge < -0.3 is 9.84 Å². The van der Waals surface area contributed by atoms with Crippen molar-refractivity contribution in [3.8, 4) is 5.75 Å². The van der Waals surface area contributed by atoms with E-state index in [0.29, 0.717) is 11.3 Å². The zero-order valence-corrected chi connectivity index (χ0v) is 8.03. The van der Waals surface area contributed by atoms with Crippen LogP contribution in [0.25, 0.3) is 0 Å². The summed E-state index contributed by atoms with van der Waals surface area (Å²) in [5.41, 5.74) is 0.573. The monoisotopic (exact) mass is 196 g/mol. The fourth-order valence-electron chi connectivity index (χ4n) is 1.79. The molecule has 0 amide bonds. The molecule has 1 aromatic carbocycles.